The predicted octanol–water partition coefficient (Wildman–Crippen LogP) is 2.18. The van der Waals surface area contributed by atoms with Gasteiger partial charge >= 0.3 is 5.97 Å². The zero-order chi connectivity index (χ0) is 15.9. The van der Waals surface area contributed by atoms with Crippen LogP contribution in [0.15, 0.2) is 24.3 Å². The van der Waals surface area contributed by atoms with E-state index in [0.717, 1.165) is 25.1 Å². The Hall–Kier alpha value is -1.39. The van der Waals surface area contributed by atoms with Crippen LogP contribution in [0.1, 0.15) is 31.4 Å². The highest BCUT2D eigenvalue weighted by Gasteiger charge is 2.39. The van der Waals surface area contributed by atoms with E-state index in [1.165, 1.54) is 12.7 Å². The summed E-state index contributed by atoms with van der Waals surface area (Å²) in [5.74, 6) is -0.229. The van der Waals surface area contributed by atoms with Crippen LogP contribution in [-0.2, 0) is 21.5 Å². The summed E-state index contributed by atoms with van der Waals surface area (Å²) in [5, 5.41) is 3.40. The van der Waals surface area contributed by atoms with Gasteiger partial charge in [0.25, 0.3) is 0 Å². The van der Waals surface area contributed by atoms with Crippen molar-refractivity contribution in [3.63, 3.8) is 0 Å². The predicted molar refractivity (Wildman–Crippen MR) is 86.4 cm³/mol. The molecule has 118 valence electrons. The largest absolute Gasteiger partial charge is 0.467 e. The zero-order valence-corrected chi connectivity index (χ0v) is 13.9. The summed E-state index contributed by atoms with van der Waals surface area (Å²) >= 11 is 0. The summed E-state index contributed by atoms with van der Waals surface area (Å²) in [7, 11) is 5.48. The molecular formula is C17H28N2O2. The molecule has 0 radical (unpaired) electrons. The topological polar surface area (TPSA) is 41.6 Å². The highest BCUT2D eigenvalue weighted by atomic mass is 16.5. The van der Waals surface area contributed by atoms with Gasteiger partial charge in [0.2, 0.25) is 0 Å². The van der Waals surface area contributed by atoms with Gasteiger partial charge in [0.15, 0.2) is 0 Å². The summed E-state index contributed by atoms with van der Waals surface area (Å²) in [6, 6.07) is 8.22. The smallest absolute Gasteiger partial charge is 0.330 e. The van der Waals surface area contributed by atoms with Crippen LogP contribution in [0.3, 0.4) is 0 Å². The molecule has 4 nitrogen and oxygen atoms in total. The molecule has 0 aliphatic rings. The van der Waals surface area contributed by atoms with Crippen molar-refractivity contribution >= 4 is 5.97 Å². The molecule has 0 aromatic heterocycles. The van der Waals surface area contributed by atoms with E-state index >= 15 is 0 Å². The normalized spacial score (nSPS) is 14.0. The van der Waals surface area contributed by atoms with Crippen LogP contribution in [0, 0.1) is 0 Å². The molecule has 1 aromatic carbocycles. The second kappa shape index (κ2) is 8.15. The maximum Gasteiger partial charge on any atom is 0.330 e. The van der Waals surface area contributed by atoms with E-state index in [4.69, 9.17) is 4.74 Å². The number of esters is 1. The third kappa shape index (κ3) is 4.29. The van der Waals surface area contributed by atoms with E-state index < -0.39 is 5.54 Å². The number of hydrogen-bond acceptors (Lipinski definition) is 4. The first-order valence-electron chi connectivity index (χ1n) is 7.57. The summed E-state index contributed by atoms with van der Waals surface area (Å²) in [5.41, 5.74) is 1.46. The average Bonchev–Trinajstić information content (AvgIpc) is 2.51. The number of aryl methyl sites for hydroxylation is 1. The monoisotopic (exact) mass is 292 g/mol. The molecule has 1 unspecified atom stereocenters. The molecule has 0 amide bonds. The zero-order valence-electron chi connectivity index (χ0n) is 13.9. The van der Waals surface area contributed by atoms with Crippen molar-refractivity contribution in [2.45, 2.75) is 32.2 Å². The first-order valence-corrected chi connectivity index (χ1v) is 7.57. The molecule has 4 heteroatoms. The van der Waals surface area contributed by atoms with E-state index in [9.17, 15) is 4.79 Å². The SMILES string of the molecule is CCc1ccc(C(CC)(NCCN(C)C)C(=O)OC)cc1. The lowest BCUT2D eigenvalue weighted by Gasteiger charge is -2.32. The molecule has 0 spiro atoms. The van der Waals surface area contributed by atoms with Gasteiger partial charge in [-0.3, -0.25) is 5.32 Å². The van der Waals surface area contributed by atoms with Gasteiger partial charge in [-0.05, 0) is 38.1 Å². The van der Waals surface area contributed by atoms with Gasteiger partial charge in [0.05, 0.1) is 7.11 Å². The molecule has 1 N–H and O–H groups in total. The van der Waals surface area contributed by atoms with Crippen LogP contribution in [0.5, 0.6) is 0 Å². The molecule has 0 aliphatic carbocycles. The van der Waals surface area contributed by atoms with Crippen LogP contribution >= 0.6 is 0 Å². The number of carbonyl (C=O) groups excluding carboxylic acids is 1. The van der Waals surface area contributed by atoms with E-state index in [1.807, 2.05) is 33.2 Å². The van der Waals surface area contributed by atoms with E-state index in [-0.39, 0.29) is 5.97 Å². The van der Waals surface area contributed by atoms with E-state index in [0.29, 0.717) is 6.42 Å². The van der Waals surface area contributed by atoms with Crippen molar-refractivity contribution in [3.8, 4) is 0 Å². The van der Waals surface area contributed by atoms with Crippen molar-refractivity contribution in [1.29, 1.82) is 0 Å². The lowest BCUT2D eigenvalue weighted by molar-refractivity contribution is -0.149. The second-order valence-corrected chi connectivity index (χ2v) is 5.53. The van der Waals surface area contributed by atoms with Crippen molar-refractivity contribution < 1.29 is 9.53 Å². The second-order valence-electron chi connectivity index (χ2n) is 5.53. The summed E-state index contributed by atoms with van der Waals surface area (Å²) in [6.45, 7) is 5.72. The molecule has 1 aromatic rings. The fourth-order valence-electron chi connectivity index (χ4n) is 2.46. The number of carbonyl (C=O) groups is 1. The fourth-order valence-corrected chi connectivity index (χ4v) is 2.46. The number of likely N-dealkylation sites (N-methyl/N-ethyl adjacent to an activating group) is 1. The van der Waals surface area contributed by atoms with Crippen LogP contribution in [0.2, 0.25) is 0 Å². The maximum atomic E-state index is 12.4. The molecule has 0 saturated carbocycles. The minimum atomic E-state index is -0.767. The number of rotatable bonds is 8. The maximum absolute atomic E-state index is 12.4. The van der Waals surface area contributed by atoms with Crippen LogP contribution in [0.4, 0.5) is 0 Å². The Labute approximate surface area is 128 Å². The number of benzene rings is 1. The summed E-state index contributed by atoms with van der Waals surface area (Å²) < 4.78 is 5.06. The molecule has 0 bridgehead atoms. The van der Waals surface area contributed by atoms with Crippen molar-refractivity contribution in [1.82, 2.24) is 10.2 Å². The van der Waals surface area contributed by atoms with Crippen molar-refractivity contribution in [2.24, 2.45) is 0 Å². The Morgan fingerprint density at radius 2 is 1.86 bits per heavy atom. The summed E-state index contributed by atoms with van der Waals surface area (Å²) in [4.78, 5) is 14.5. The first-order chi connectivity index (χ1) is 10.00. The van der Waals surface area contributed by atoms with E-state index in [1.54, 1.807) is 0 Å². The standard InChI is InChI=1S/C17H28N2O2/c1-6-14-8-10-15(11-9-14)17(7-2,16(20)21-5)18-12-13-19(3)4/h8-11,18H,6-7,12-13H2,1-5H3. The van der Waals surface area contributed by atoms with Gasteiger partial charge in [-0.1, -0.05) is 38.1 Å². The third-order valence-electron chi connectivity index (χ3n) is 3.90. The molecular weight excluding hydrogens is 264 g/mol. The Kier molecular flexibility index (Phi) is 6.85. The van der Waals surface area contributed by atoms with Crippen molar-refractivity contribution in [2.75, 3.05) is 34.3 Å². The van der Waals surface area contributed by atoms with Crippen LogP contribution in [0.25, 0.3) is 0 Å². The lowest BCUT2D eigenvalue weighted by Crippen LogP contribution is -2.51. The summed E-state index contributed by atoms with van der Waals surface area (Å²) in [6.07, 6.45) is 1.64. The number of methoxy groups -OCH3 is 1. The molecule has 1 rings (SSSR count). The molecule has 0 aliphatic heterocycles. The first kappa shape index (κ1) is 17.7. The Balaban J connectivity index is 3.06. The fraction of sp³-hybridized carbons (Fsp3) is 0.588. The van der Waals surface area contributed by atoms with Gasteiger partial charge < -0.3 is 9.64 Å². The number of ether oxygens (including phenoxy) is 1. The Morgan fingerprint density at radius 3 is 2.29 bits per heavy atom. The minimum absolute atomic E-state index is 0.229. The van der Waals surface area contributed by atoms with Gasteiger partial charge in [0, 0.05) is 13.1 Å². The highest BCUT2D eigenvalue weighted by Crippen LogP contribution is 2.27. The molecule has 0 heterocycles. The quantitative estimate of drug-likeness (QED) is 0.746. The Bertz CT molecular complexity index is 443. The minimum Gasteiger partial charge on any atom is -0.467 e. The van der Waals surface area contributed by atoms with Gasteiger partial charge in [0.1, 0.15) is 5.54 Å². The number of nitrogens with one attached hydrogen (secondary N) is 1. The number of nitrogens with zero attached hydrogens (tertiary/aromatic N) is 1. The molecule has 1 atom stereocenters. The van der Waals surface area contributed by atoms with Gasteiger partial charge in [-0.15, -0.1) is 0 Å². The molecule has 0 fully saturated rings. The van der Waals surface area contributed by atoms with Crippen molar-refractivity contribution in [3.05, 3.63) is 35.4 Å². The van der Waals surface area contributed by atoms with Gasteiger partial charge in [-0.25, -0.2) is 4.79 Å². The van der Waals surface area contributed by atoms with E-state index in [2.05, 4.69) is 29.3 Å². The third-order valence-corrected chi connectivity index (χ3v) is 3.90. The van der Waals surface area contributed by atoms with Gasteiger partial charge in [-0.2, -0.15) is 0 Å². The lowest BCUT2D eigenvalue weighted by atomic mass is 9.86. The van der Waals surface area contributed by atoms with Crippen LogP contribution < -0.4 is 5.32 Å². The molecule has 21 heavy (non-hydrogen) atoms. The van der Waals surface area contributed by atoms with Crippen LogP contribution in [-0.4, -0.2) is 45.2 Å². The average molecular weight is 292 g/mol. The molecule has 0 saturated heterocycles. The Morgan fingerprint density at radius 1 is 1.24 bits per heavy atom. The number of hydrogen-bond donors (Lipinski definition) is 1. The highest BCUT2D eigenvalue weighted by molar-refractivity contribution is 5.82.